The summed E-state index contributed by atoms with van der Waals surface area (Å²) in [5.74, 6) is -1.65. The number of carbonyl (C=O) groups excluding carboxylic acids is 3. The van der Waals surface area contributed by atoms with Crippen LogP contribution in [0.15, 0.2) is 18.2 Å². The predicted molar refractivity (Wildman–Crippen MR) is 75.6 cm³/mol. The molecule has 1 aliphatic heterocycles. The Balaban J connectivity index is 2.11. The normalized spacial score (nSPS) is 13.9. The second-order valence-electron chi connectivity index (χ2n) is 4.61. The fourth-order valence-corrected chi connectivity index (χ4v) is 2.12. The smallest absolute Gasteiger partial charge is 0.426 e. The molecule has 8 heteroatoms. The number of halogens is 1. The molecule has 2 N–H and O–H groups in total. The summed E-state index contributed by atoms with van der Waals surface area (Å²) in [6.07, 6.45) is 0.313. The maximum absolute atomic E-state index is 13.8. The van der Waals surface area contributed by atoms with Gasteiger partial charge in [-0.15, -0.1) is 0 Å². The van der Waals surface area contributed by atoms with E-state index in [9.17, 15) is 18.8 Å². The highest BCUT2D eigenvalue weighted by Crippen LogP contribution is 2.23. The fourth-order valence-electron chi connectivity index (χ4n) is 2.12. The van der Waals surface area contributed by atoms with Crippen molar-refractivity contribution in [1.82, 2.24) is 10.9 Å². The Kier molecular flexibility index (Phi) is 4.92. The molecule has 0 radical (unpaired) electrons. The van der Waals surface area contributed by atoms with Gasteiger partial charge in [0.25, 0.3) is 5.91 Å². The van der Waals surface area contributed by atoms with Gasteiger partial charge in [0.15, 0.2) is 0 Å². The topological polar surface area (TPSA) is 87.7 Å². The number of hydrazine groups is 1. The average Bonchev–Trinajstić information content (AvgIpc) is 2.92. The molecule has 1 fully saturated rings. The number of carbonyl (C=O) groups is 3. The zero-order valence-electron chi connectivity index (χ0n) is 12.0. The van der Waals surface area contributed by atoms with E-state index in [1.165, 1.54) is 17.0 Å². The largest absolute Gasteiger partial charge is 0.449 e. The van der Waals surface area contributed by atoms with Gasteiger partial charge in [-0.25, -0.2) is 14.6 Å². The summed E-state index contributed by atoms with van der Waals surface area (Å²) in [6, 6.07) is 3.83. The van der Waals surface area contributed by atoms with E-state index in [0.717, 1.165) is 12.5 Å². The van der Waals surface area contributed by atoms with Crippen LogP contribution in [-0.4, -0.2) is 31.1 Å². The van der Waals surface area contributed by atoms with Crippen LogP contribution in [0, 0.1) is 5.82 Å². The Morgan fingerprint density at radius 2 is 2.14 bits per heavy atom. The SMILES string of the molecule is CCOC(=O)NNC(=O)c1cc(N2CCCC2=O)ccc1F. The summed E-state index contributed by atoms with van der Waals surface area (Å²) in [4.78, 5) is 36.2. The highest BCUT2D eigenvalue weighted by atomic mass is 19.1. The number of nitrogens with zero attached hydrogens (tertiary/aromatic N) is 1. The third-order valence-corrected chi connectivity index (χ3v) is 3.13. The van der Waals surface area contributed by atoms with E-state index in [-0.39, 0.29) is 18.1 Å². The van der Waals surface area contributed by atoms with Crippen LogP contribution in [0.25, 0.3) is 0 Å². The molecule has 1 aliphatic rings. The van der Waals surface area contributed by atoms with E-state index in [0.29, 0.717) is 18.7 Å². The molecule has 0 saturated carbocycles. The van der Waals surface area contributed by atoms with Crippen LogP contribution in [0.5, 0.6) is 0 Å². The highest BCUT2D eigenvalue weighted by molar-refractivity contribution is 5.99. The number of anilines is 1. The van der Waals surface area contributed by atoms with Crippen LogP contribution in [0.1, 0.15) is 30.1 Å². The van der Waals surface area contributed by atoms with Crippen LogP contribution in [0.4, 0.5) is 14.9 Å². The van der Waals surface area contributed by atoms with Crippen molar-refractivity contribution in [3.63, 3.8) is 0 Å². The Bertz CT molecular complexity index is 606. The third kappa shape index (κ3) is 3.51. The van der Waals surface area contributed by atoms with Crippen LogP contribution < -0.4 is 15.8 Å². The molecule has 1 aromatic rings. The second kappa shape index (κ2) is 6.88. The molecule has 22 heavy (non-hydrogen) atoms. The summed E-state index contributed by atoms with van der Waals surface area (Å²) < 4.78 is 18.3. The van der Waals surface area contributed by atoms with E-state index in [2.05, 4.69) is 4.74 Å². The lowest BCUT2D eigenvalue weighted by Crippen LogP contribution is -2.42. The zero-order chi connectivity index (χ0) is 16.1. The quantitative estimate of drug-likeness (QED) is 0.825. The molecular formula is C14H16FN3O4. The van der Waals surface area contributed by atoms with Gasteiger partial charge < -0.3 is 9.64 Å². The lowest BCUT2D eigenvalue weighted by molar-refractivity contribution is -0.117. The van der Waals surface area contributed by atoms with Crippen molar-refractivity contribution in [2.24, 2.45) is 0 Å². The van der Waals surface area contributed by atoms with Gasteiger partial charge in [0.05, 0.1) is 12.2 Å². The zero-order valence-corrected chi connectivity index (χ0v) is 12.0. The molecule has 0 unspecified atom stereocenters. The number of ether oxygens (including phenoxy) is 1. The maximum Gasteiger partial charge on any atom is 0.426 e. The molecule has 1 aromatic carbocycles. The molecule has 7 nitrogen and oxygen atoms in total. The van der Waals surface area contributed by atoms with Crippen molar-refractivity contribution in [3.05, 3.63) is 29.6 Å². The maximum atomic E-state index is 13.8. The number of benzene rings is 1. The third-order valence-electron chi connectivity index (χ3n) is 3.13. The minimum Gasteiger partial charge on any atom is -0.449 e. The van der Waals surface area contributed by atoms with Gasteiger partial charge in [-0.05, 0) is 31.5 Å². The van der Waals surface area contributed by atoms with E-state index in [1.807, 2.05) is 10.9 Å². The summed E-state index contributed by atoms with van der Waals surface area (Å²) in [5, 5.41) is 0. The van der Waals surface area contributed by atoms with E-state index in [4.69, 9.17) is 0 Å². The minimum absolute atomic E-state index is 0.0670. The number of nitrogens with one attached hydrogen (secondary N) is 2. The van der Waals surface area contributed by atoms with Gasteiger partial charge in [-0.2, -0.15) is 0 Å². The number of hydrogen-bond donors (Lipinski definition) is 2. The Morgan fingerprint density at radius 3 is 2.77 bits per heavy atom. The van der Waals surface area contributed by atoms with Gasteiger partial charge in [0, 0.05) is 18.7 Å². The van der Waals surface area contributed by atoms with Crippen molar-refractivity contribution >= 4 is 23.6 Å². The Morgan fingerprint density at radius 1 is 1.36 bits per heavy atom. The molecule has 3 amide bonds. The minimum atomic E-state index is -0.845. The molecule has 2 rings (SSSR count). The van der Waals surface area contributed by atoms with Crippen molar-refractivity contribution < 1.29 is 23.5 Å². The summed E-state index contributed by atoms with van der Waals surface area (Å²) >= 11 is 0. The first-order valence-electron chi connectivity index (χ1n) is 6.86. The second-order valence-corrected chi connectivity index (χ2v) is 4.61. The van der Waals surface area contributed by atoms with E-state index < -0.39 is 17.8 Å². The van der Waals surface area contributed by atoms with Crippen LogP contribution >= 0.6 is 0 Å². The van der Waals surface area contributed by atoms with Crippen molar-refractivity contribution in [2.75, 3.05) is 18.1 Å². The van der Waals surface area contributed by atoms with Gasteiger partial charge in [0.1, 0.15) is 5.82 Å². The predicted octanol–water partition coefficient (Wildman–Crippen LogP) is 1.34. The summed E-state index contributed by atoms with van der Waals surface area (Å²) in [6.45, 7) is 2.28. The fraction of sp³-hybridized carbons (Fsp3) is 0.357. The molecule has 1 saturated heterocycles. The molecule has 0 atom stereocenters. The lowest BCUT2D eigenvalue weighted by atomic mass is 10.1. The molecule has 118 valence electrons. The van der Waals surface area contributed by atoms with Crippen molar-refractivity contribution in [3.8, 4) is 0 Å². The number of hydrogen-bond acceptors (Lipinski definition) is 4. The molecule has 0 bridgehead atoms. The van der Waals surface area contributed by atoms with Crippen molar-refractivity contribution in [2.45, 2.75) is 19.8 Å². The van der Waals surface area contributed by atoms with Crippen LogP contribution in [0.2, 0.25) is 0 Å². The van der Waals surface area contributed by atoms with E-state index >= 15 is 0 Å². The van der Waals surface area contributed by atoms with Gasteiger partial charge in [-0.1, -0.05) is 0 Å². The monoisotopic (exact) mass is 309 g/mol. The van der Waals surface area contributed by atoms with Crippen LogP contribution in [0.3, 0.4) is 0 Å². The first kappa shape index (κ1) is 15.7. The van der Waals surface area contributed by atoms with Gasteiger partial charge >= 0.3 is 6.09 Å². The number of amides is 3. The molecule has 0 aromatic heterocycles. The highest BCUT2D eigenvalue weighted by Gasteiger charge is 2.23. The van der Waals surface area contributed by atoms with E-state index in [1.54, 1.807) is 6.92 Å². The Hall–Kier alpha value is -2.64. The molecular weight excluding hydrogens is 293 g/mol. The van der Waals surface area contributed by atoms with Gasteiger partial charge in [0.2, 0.25) is 5.91 Å². The summed E-state index contributed by atoms with van der Waals surface area (Å²) in [5.41, 5.74) is 4.23. The summed E-state index contributed by atoms with van der Waals surface area (Å²) in [7, 11) is 0. The first-order valence-corrected chi connectivity index (χ1v) is 6.86. The van der Waals surface area contributed by atoms with Crippen LogP contribution in [-0.2, 0) is 9.53 Å². The first-order chi connectivity index (χ1) is 10.5. The molecule has 1 heterocycles. The molecule has 0 aliphatic carbocycles. The average molecular weight is 309 g/mol. The van der Waals surface area contributed by atoms with Gasteiger partial charge in [-0.3, -0.25) is 15.0 Å². The van der Waals surface area contributed by atoms with Crippen molar-refractivity contribution in [1.29, 1.82) is 0 Å². The number of rotatable bonds is 3. The molecule has 0 spiro atoms. The lowest BCUT2D eigenvalue weighted by Gasteiger charge is -2.17. The standard InChI is InChI=1S/C14H16FN3O4/c1-2-22-14(21)17-16-13(20)10-8-9(5-6-11(10)15)18-7-3-4-12(18)19/h5-6,8H,2-4,7H2,1H3,(H,16,20)(H,17,21). The Labute approximate surface area is 126 Å².